The van der Waals surface area contributed by atoms with Gasteiger partial charge in [0.2, 0.25) is 5.91 Å². The number of hydrogen-bond acceptors (Lipinski definition) is 3. The summed E-state index contributed by atoms with van der Waals surface area (Å²) in [4.78, 5) is 25.6. The third-order valence-corrected chi connectivity index (χ3v) is 5.41. The van der Waals surface area contributed by atoms with Gasteiger partial charge in [0, 0.05) is 22.9 Å². The third kappa shape index (κ3) is 5.96. The molecular formula is C24H24N2O2S. The Morgan fingerprint density at radius 1 is 0.793 bits per heavy atom. The molecule has 0 saturated heterocycles. The molecule has 0 radical (unpaired) electrons. The van der Waals surface area contributed by atoms with Crippen molar-refractivity contribution >= 4 is 23.6 Å². The fourth-order valence-corrected chi connectivity index (χ4v) is 3.49. The van der Waals surface area contributed by atoms with Crippen LogP contribution in [0.1, 0.15) is 27.4 Å². The van der Waals surface area contributed by atoms with Gasteiger partial charge in [0.25, 0.3) is 5.91 Å². The molecule has 0 aliphatic carbocycles. The number of benzene rings is 3. The van der Waals surface area contributed by atoms with Gasteiger partial charge in [0.05, 0.1) is 6.54 Å². The first-order valence-corrected chi connectivity index (χ1v) is 10.7. The van der Waals surface area contributed by atoms with Crippen LogP contribution in [-0.4, -0.2) is 31.2 Å². The summed E-state index contributed by atoms with van der Waals surface area (Å²) in [6.45, 7) is 0.407. The van der Waals surface area contributed by atoms with Gasteiger partial charge in [-0.1, -0.05) is 60.7 Å². The molecule has 0 aliphatic rings. The van der Waals surface area contributed by atoms with E-state index in [-0.39, 0.29) is 24.3 Å². The summed E-state index contributed by atoms with van der Waals surface area (Å²) in [5.74, 6) is -0.414. The maximum atomic E-state index is 12.3. The lowest BCUT2D eigenvalue weighted by molar-refractivity contribution is -0.120. The van der Waals surface area contributed by atoms with Gasteiger partial charge in [-0.15, -0.1) is 11.8 Å². The zero-order chi connectivity index (χ0) is 20.5. The van der Waals surface area contributed by atoms with E-state index in [0.717, 1.165) is 16.0 Å². The number of nitrogens with one attached hydrogen (secondary N) is 2. The number of carbonyl (C=O) groups excluding carboxylic acids is 2. The van der Waals surface area contributed by atoms with Gasteiger partial charge < -0.3 is 10.6 Å². The summed E-state index contributed by atoms with van der Waals surface area (Å²) in [6, 6.07) is 27.5. The highest BCUT2D eigenvalue weighted by Gasteiger charge is 2.15. The molecule has 5 heteroatoms. The Bertz CT molecular complexity index is 889. The van der Waals surface area contributed by atoms with Gasteiger partial charge in [0.1, 0.15) is 0 Å². The van der Waals surface area contributed by atoms with Gasteiger partial charge in [-0.05, 0) is 41.6 Å². The van der Waals surface area contributed by atoms with Crippen LogP contribution in [0.15, 0.2) is 89.8 Å². The van der Waals surface area contributed by atoms with Crippen molar-refractivity contribution < 1.29 is 9.59 Å². The molecule has 3 aromatic carbocycles. The van der Waals surface area contributed by atoms with Crippen molar-refractivity contribution in [1.29, 1.82) is 0 Å². The van der Waals surface area contributed by atoms with Crippen molar-refractivity contribution in [3.63, 3.8) is 0 Å². The predicted molar refractivity (Wildman–Crippen MR) is 118 cm³/mol. The lowest BCUT2D eigenvalue weighted by atomic mass is 9.91. The molecule has 3 rings (SSSR count). The predicted octanol–water partition coefficient (Wildman–Crippen LogP) is 4.09. The third-order valence-electron chi connectivity index (χ3n) is 4.67. The minimum atomic E-state index is -0.254. The summed E-state index contributed by atoms with van der Waals surface area (Å²) >= 11 is 1.62. The van der Waals surface area contributed by atoms with Crippen LogP contribution in [0.5, 0.6) is 0 Å². The smallest absolute Gasteiger partial charge is 0.251 e. The number of thioether (sulfide) groups is 1. The second-order valence-corrected chi connectivity index (χ2v) is 7.47. The van der Waals surface area contributed by atoms with E-state index in [2.05, 4.69) is 34.9 Å². The molecule has 2 amide bonds. The fourth-order valence-electron chi connectivity index (χ4n) is 3.08. The van der Waals surface area contributed by atoms with Crippen molar-refractivity contribution in [3.05, 3.63) is 102 Å². The first-order chi connectivity index (χ1) is 14.2. The highest BCUT2D eigenvalue weighted by atomic mass is 32.2. The molecule has 0 atom stereocenters. The van der Waals surface area contributed by atoms with Crippen molar-refractivity contribution in [2.45, 2.75) is 10.8 Å². The lowest BCUT2D eigenvalue weighted by Gasteiger charge is -2.19. The normalized spacial score (nSPS) is 10.6. The van der Waals surface area contributed by atoms with Gasteiger partial charge in [-0.25, -0.2) is 0 Å². The number of carbonyl (C=O) groups is 2. The molecule has 0 bridgehead atoms. The Balaban J connectivity index is 1.56. The minimum Gasteiger partial charge on any atom is -0.354 e. The second-order valence-electron chi connectivity index (χ2n) is 6.59. The molecule has 0 heterocycles. The van der Waals surface area contributed by atoms with Crippen molar-refractivity contribution in [2.75, 3.05) is 19.3 Å². The molecule has 0 aromatic heterocycles. The zero-order valence-corrected chi connectivity index (χ0v) is 17.1. The van der Waals surface area contributed by atoms with Crippen LogP contribution in [-0.2, 0) is 4.79 Å². The second kappa shape index (κ2) is 10.5. The van der Waals surface area contributed by atoms with Crippen LogP contribution < -0.4 is 10.6 Å². The van der Waals surface area contributed by atoms with Crippen molar-refractivity contribution in [3.8, 4) is 0 Å². The number of rotatable bonds is 8. The van der Waals surface area contributed by atoms with E-state index in [1.54, 1.807) is 23.9 Å². The van der Waals surface area contributed by atoms with Crippen LogP contribution in [0.3, 0.4) is 0 Å². The minimum absolute atomic E-state index is 0.0520. The maximum absolute atomic E-state index is 12.3. The highest BCUT2D eigenvalue weighted by Crippen LogP contribution is 2.23. The van der Waals surface area contributed by atoms with Gasteiger partial charge in [-0.2, -0.15) is 0 Å². The Morgan fingerprint density at radius 2 is 1.34 bits per heavy atom. The Morgan fingerprint density at radius 3 is 1.86 bits per heavy atom. The van der Waals surface area contributed by atoms with E-state index in [9.17, 15) is 9.59 Å². The number of hydrogen-bond donors (Lipinski definition) is 2. The van der Waals surface area contributed by atoms with Crippen LogP contribution in [0.25, 0.3) is 0 Å². The van der Waals surface area contributed by atoms with Crippen LogP contribution >= 0.6 is 11.8 Å². The molecule has 148 valence electrons. The quantitative estimate of drug-likeness (QED) is 0.556. The van der Waals surface area contributed by atoms with E-state index < -0.39 is 0 Å². The molecule has 0 spiro atoms. The summed E-state index contributed by atoms with van der Waals surface area (Å²) in [6.07, 6.45) is 1.98. The molecule has 29 heavy (non-hydrogen) atoms. The summed E-state index contributed by atoms with van der Waals surface area (Å²) in [7, 11) is 0. The lowest BCUT2D eigenvalue weighted by Crippen LogP contribution is -2.38. The summed E-state index contributed by atoms with van der Waals surface area (Å²) < 4.78 is 0. The van der Waals surface area contributed by atoms with E-state index in [0.29, 0.717) is 12.1 Å². The SMILES string of the molecule is CSc1ccc(C(=O)NCC(=O)NCC(c2ccccc2)c2ccccc2)cc1. The van der Waals surface area contributed by atoms with Gasteiger partial charge >= 0.3 is 0 Å². The molecule has 0 saturated carbocycles. The monoisotopic (exact) mass is 404 g/mol. The molecule has 3 aromatic rings. The molecule has 2 N–H and O–H groups in total. The molecule has 4 nitrogen and oxygen atoms in total. The van der Waals surface area contributed by atoms with Crippen molar-refractivity contribution in [2.24, 2.45) is 0 Å². The Kier molecular flexibility index (Phi) is 7.47. The van der Waals surface area contributed by atoms with Gasteiger partial charge in [0.15, 0.2) is 0 Å². The molecule has 0 unspecified atom stereocenters. The van der Waals surface area contributed by atoms with Crippen LogP contribution in [0.4, 0.5) is 0 Å². The zero-order valence-electron chi connectivity index (χ0n) is 16.3. The Hall–Kier alpha value is -3.05. The van der Waals surface area contributed by atoms with Gasteiger partial charge in [-0.3, -0.25) is 9.59 Å². The standard InChI is InChI=1S/C24H24N2O2S/c1-29-21-14-12-20(13-15-21)24(28)26-17-23(27)25-16-22(18-8-4-2-5-9-18)19-10-6-3-7-11-19/h2-15,22H,16-17H2,1H3,(H,25,27)(H,26,28). The van der Waals surface area contributed by atoms with Crippen LogP contribution in [0.2, 0.25) is 0 Å². The number of amides is 2. The molecule has 0 aliphatic heterocycles. The van der Waals surface area contributed by atoms with Crippen molar-refractivity contribution in [1.82, 2.24) is 10.6 Å². The van der Waals surface area contributed by atoms with E-state index in [1.807, 2.05) is 54.8 Å². The first kappa shape index (κ1) is 20.7. The van der Waals surface area contributed by atoms with Crippen LogP contribution in [0, 0.1) is 0 Å². The highest BCUT2D eigenvalue weighted by molar-refractivity contribution is 7.98. The first-order valence-electron chi connectivity index (χ1n) is 9.46. The molecular weight excluding hydrogens is 380 g/mol. The topological polar surface area (TPSA) is 58.2 Å². The Labute approximate surface area is 175 Å². The van der Waals surface area contributed by atoms with E-state index in [4.69, 9.17) is 0 Å². The largest absolute Gasteiger partial charge is 0.354 e. The summed E-state index contributed by atoms with van der Waals surface area (Å²) in [5, 5.41) is 5.63. The fraction of sp³-hybridized carbons (Fsp3) is 0.167. The summed E-state index contributed by atoms with van der Waals surface area (Å²) in [5.41, 5.74) is 2.82. The average Bonchev–Trinajstić information content (AvgIpc) is 2.79. The van der Waals surface area contributed by atoms with E-state index >= 15 is 0 Å². The van der Waals surface area contributed by atoms with E-state index in [1.165, 1.54) is 0 Å². The molecule has 0 fully saturated rings. The average molecular weight is 405 g/mol. The maximum Gasteiger partial charge on any atom is 0.251 e.